The molecule has 5 atom stereocenters. The van der Waals surface area contributed by atoms with Crippen LogP contribution in [0.3, 0.4) is 0 Å². The third-order valence-corrected chi connectivity index (χ3v) is 24.8. The van der Waals surface area contributed by atoms with Crippen molar-refractivity contribution in [2.75, 3.05) is 229 Å². The molecule has 7 rings (SSSR count). The van der Waals surface area contributed by atoms with Gasteiger partial charge < -0.3 is 124 Å². The number of carbonyl (C=O) groups is 10. The summed E-state index contributed by atoms with van der Waals surface area (Å²) in [7, 11) is 3.24. The fourth-order valence-electron chi connectivity index (χ4n) is 16.6. The van der Waals surface area contributed by atoms with Crippen LogP contribution in [0.2, 0.25) is 0 Å². The lowest BCUT2D eigenvalue weighted by atomic mass is 9.65. The van der Waals surface area contributed by atoms with Gasteiger partial charge in [-0.3, -0.25) is 43.2 Å². The van der Waals surface area contributed by atoms with Gasteiger partial charge in [-0.1, -0.05) is 123 Å². The number of nitrogens with one attached hydrogen (secondary N) is 8. The van der Waals surface area contributed by atoms with Gasteiger partial charge in [-0.25, -0.2) is 4.79 Å². The Hall–Kier alpha value is -9.36. The Kier molecular flexibility index (Phi) is 53.1. The Labute approximate surface area is 814 Å². The zero-order valence-corrected chi connectivity index (χ0v) is 83.6. The molecule has 0 bridgehead atoms. The molecular weight excluding hydrogens is 1780 g/mol. The normalized spacial score (nSPS) is 15.1. The van der Waals surface area contributed by atoms with E-state index in [1.165, 1.54) is 11.8 Å². The Bertz CT molecular complexity index is 4340. The highest BCUT2D eigenvalue weighted by molar-refractivity contribution is 6.01. The van der Waals surface area contributed by atoms with Crippen molar-refractivity contribution in [3.63, 3.8) is 0 Å². The summed E-state index contributed by atoms with van der Waals surface area (Å²) in [5.41, 5.74) is 10.3. The summed E-state index contributed by atoms with van der Waals surface area (Å²) in [5, 5.41) is 41.5. The van der Waals surface area contributed by atoms with Gasteiger partial charge in [-0.15, -0.1) is 0 Å². The number of aliphatic carboxylic acids is 1. The van der Waals surface area contributed by atoms with Crippen LogP contribution in [0.15, 0.2) is 84.4 Å². The number of likely N-dealkylation sites (tertiary alicyclic amines) is 1. The molecule has 138 heavy (non-hydrogen) atoms. The molecule has 3 aliphatic rings. The summed E-state index contributed by atoms with van der Waals surface area (Å²) >= 11 is 0. The first-order chi connectivity index (χ1) is 66.4. The first kappa shape index (κ1) is 116. The van der Waals surface area contributed by atoms with Crippen molar-refractivity contribution in [1.82, 2.24) is 57.1 Å². The first-order valence-electron chi connectivity index (χ1n) is 49.0. The molecular formula is C100H158N14O24. The van der Waals surface area contributed by atoms with Crippen LogP contribution in [0.1, 0.15) is 164 Å². The van der Waals surface area contributed by atoms with Crippen LogP contribution in [0.5, 0.6) is 0 Å². The second-order valence-electron chi connectivity index (χ2n) is 37.3. The van der Waals surface area contributed by atoms with Crippen LogP contribution < -0.4 is 47.9 Å². The number of H-pyrrole nitrogens is 1. The standard InChI is InChI=1S/C100H158N14O24/c1-71(2)82(67-73(5)97(124)125)112(12)96(123)91(98(6,7)8)108-95(122)90(102-11)99(9,10)76-22-19-23-77(68-76)105-84(116)69-104-93(120)80(26-17-18-37-101)106-94(121)87(72(3)4)107-83(115)31-43-126-41-20-42-127-45-47-129-49-51-131-53-55-133-57-59-135-61-63-137-65-66-138-64-62-136-60-58-134-56-54-132-52-50-130-48-46-128-44-32-85(117)113-39-35-100(36-40-113)33-28-74(29-34-100)92(119)103-38-30-86(118)114-70-75-21-13-14-24-78(75)88-89(110-111-109-88)79-25-15-16-27-81(79)114/h13-16,19,21-25,27,67-68,71-72,74,80,82,87,90-91,102H,17-18,20,26,28-66,69-70,101H2,1-12H3,(H,103,119)(H,104,120)(H,105,116)(H,106,121)(H,107,115)(H,108,122)(H,124,125)(H,109,110,111)/b73-67+/t80-,82+,87-,90+,91+/m0/s1. The van der Waals surface area contributed by atoms with Crippen molar-refractivity contribution < 1.29 is 115 Å². The molecule has 1 aliphatic carbocycles. The summed E-state index contributed by atoms with van der Waals surface area (Å²) in [6.45, 7) is 30.5. The minimum atomic E-state index is -1.09. The summed E-state index contributed by atoms with van der Waals surface area (Å²) in [6.07, 6.45) is 9.28. The smallest absolute Gasteiger partial charge is 0.331 e. The van der Waals surface area contributed by atoms with Crippen molar-refractivity contribution >= 4 is 70.5 Å². The van der Waals surface area contributed by atoms with E-state index in [0.717, 1.165) is 66.6 Å². The third kappa shape index (κ3) is 40.7. The number of carboxylic acid groups (broad SMARTS) is 1. The number of nitrogens with two attached hydrogens (primary N) is 1. The molecule has 11 N–H and O–H groups in total. The summed E-state index contributed by atoms with van der Waals surface area (Å²) < 4.78 is 72.9. The van der Waals surface area contributed by atoms with Gasteiger partial charge in [-0.2, -0.15) is 15.4 Å². The van der Waals surface area contributed by atoms with E-state index in [1.807, 2.05) is 108 Å². The van der Waals surface area contributed by atoms with Gasteiger partial charge in [0.1, 0.15) is 29.5 Å². The van der Waals surface area contributed by atoms with Gasteiger partial charge in [0.15, 0.2) is 0 Å². The number of carboxylic acids is 1. The molecule has 9 amide bonds. The van der Waals surface area contributed by atoms with Gasteiger partial charge >= 0.3 is 5.97 Å². The number of anilines is 2. The van der Waals surface area contributed by atoms with Gasteiger partial charge in [0, 0.05) is 86.5 Å². The number of likely N-dealkylation sites (N-methyl/N-ethyl adjacent to an activating group) is 2. The minimum absolute atomic E-state index is 0.00591. The van der Waals surface area contributed by atoms with E-state index in [4.69, 9.17) is 67.3 Å². The van der Waals surface area contributed by atoms with Crippen LogP contribution in [0.4, 0.5) is 11.4 Å². The predicted molar refractivity (Wildman–Crippen MR) is 521 cm³/mol. The topological polar surface area (TPSA) is 472 Å². The number of aromatic nitrogens is 3. The molecule has 772 valence electrons. The SMILES string of the molecule is CN[C@H](C(=O)N[C@H](C(=O)N(C)[C@H](/C=C(\C)C(=O)O)C(C)C)C(C)(C)C)C(C)(C)c1cccc(NC(=O)CNC(=O)[C@H](CCCCN)NC(=O)[C@@H](NC(=O)CCOCCCOCCOCCOCCOCCOCCOCCOCCOCCOCCOCCOCCOCCC(=O)N2CCC3(CCC(C(=O)NCCC(=O)N4Cc5ccccc5-c5n[nH]nc5-c5ccccc54)CC3)CC2)C(C)C)c1. The van der Waals surface area contributed by atoms with E-state index in [-0.39, 0.29) is 84.8 Å². The van der Waals surface area contributed by atoms with E-state index in [1.54, 1.807) is 57.1 Å². The number of nitrogens with zero attached hydrogens (tertiary/aromatic N) is 5. The number of ether oxygens (including phenoxy) is 13. The maximum atomic E-state index is 14.3. The second-order valence-corrected chi connectivity index (χ2v) is 37.3. The van der Waals surface area contributed by atoms with Crippen LogP contribution >= 0.6 is 0 Å². The number of para-hydroxylation sites is 1. The first-order valence-corrected chi connectivity index (χ1v) is 49.0. The van der Waals surface area contributed by atoms with Crippen LogP contribution in [0.25, 0.3) is 22.5 Å². The maximum absolute atomic E-state index is 14.3. The Morgan fingerprint density at radius 3 is 1.56 bits per heavy atom. The van der Waals surface area contributed by atoms with Gasteiger partial charge in [0.2, 0.25) is 53.2 Å². The fourth-order valence-corrected chi connectivity index (χ4v) is 16.6. The largest absolute Gasteiger partial charge is 0.478 e. The lowest BCUT2D eigenvalue weighted by Gasteiger charge is -2.45. The Morgan fingerprint density at radius 1 is 0.543 bits per heavy atom. The number of fused-ring (bicyclic) bond motifs is 5. The Morgan fingerprint density at radius 2 is 1.04 bits per heavy atom. The molecule has 1 saturated carbocycles. The number of benzene rings is 3. The molecule has 0 unspecified atom stereocenters. The van der Waals surface area contributed by atoms with E-state index in [0.29, 0.717) is 234 Å². The number of carbonyl (C=O) groups excluding carboxylic acids is 9. The van der Waals surface area contributed by atoms with E-state index < -0.39 is 83.1 Å². The van der Waals surface area contributed by atoms with Gasteiger partial charge in [-0.05, 0) is 137 Å². The zero-order valence-electron chi connectivity index (χ0n) is 83.6. The van der Waals surface area contributed by atoms with Crippen LogP contribution in [0, 0.1) is 28.6 Å². The molecule has 3 heterocycles. The molecule has 1 saturated heterocycles. The number of unbranched alkanes of at least 4 members (excludes halogenated alkanes) is 1. The zero-order chi connectivity index (χ0) is 100. The lowest BCUT2D eigenvalue weighted by molar-refractivity contribution is -0.141. The number of rotatable bonds is 69. The highest BCUT2D eigenvalue weighted by Gasteiger charge is 2.44. The van der Waals surface area contributed by atoms with Crippen molar-refractivity contribution in [2.45, 2.75) is 195 Å². The maximum Gasteiger partial charge on any atom is 0.331 e. The van der Waals surface area contributed by atoms with Crippen LogP contribution in [-0.4, -0.2) is 338 Å². The lowest BCUT2D eigenvalue weighted by Crippen LogP contribution is -2.61. The van der Waals surface area contributed by atoms with Crippen molar-refractivity contribution in [3.05, 3.63) is 95.6 Å². The molecule has 2 aliphatic heterocycles. The highest BCUT2D eigenvalue weighted by Crippen LogP contribution is 2.47. The van der Waals surface area contributed by atoms with Gasteiger partial charge in [0.05, 0.1) is 196 Å². The molecule has 3 aromatic carbocycles. The molecule has 38 heteroatoms. The predicted octanol–water partition coefficient (Wildman–Crippen LogP) is 7.10. The van der Waals surface area contributed by atoms with E-state index in [2.05, 4.69) is 52.6 Å². The molecule has 2 fully saturated rings. The quantitative estimate of drug-likeness (QED) is 0.0156. The van der Waals surface area contributed by atoms with Crippen LogP contribution in [-0.2, 0) is 121 Å². The molecule has 1 aromatic heterocycles. The third-order valence-electron chi connectivity index (χ3n) is 24.8. The van der Waals surface area contributed by atoms with Crippen molar-refractivity contribution in [2.24, 2.45) is 34.3 Å². The second kappa shape index (κ2) is 63.4. The number of hydrogen-bond acceptors (Lipinski definition) is 27. The molecule has 0 radical (unpaired) electrons. The highest BCUT2D eigenvalue weighted by atomic mass is 16.6. The summed E-state index contributed by atoms with van der Waals surface area (Å²) in [5.74, 6) is -4.62. The summed E-state index contributed by atoms with van der Waals surface area (Å²) in [6, 6.07) is 18.1. The van der Waals surface area contributed by atoms with E-state index >= 15 is 0 Å². The van der Waals surface area contributed by atoms with E-state index in [9.17, 15) is 53.1 Å². The fraction of sp³-hybridized carbons (Fsp3) is 0.680. The van der Waals surface area contributed by atoms with Crippen molar-refractivity contribution in [3.8, 4) is 22.5 Å². The average Bonchev–Trinajstić information content (AvgIpc) is 1.42. The van der Waals surface area contributed by atoms with Crippen molar-refractivity contribution in [1.29, 1.82) is 0 Å². The molecule has 1 spiro atoms. The average molecular weight is 1940 g/mol. The number of aromatic amines is 1. The summed E-state index contributed by atoms with van der Waals surface area (Å²) in [4.78, 5) is 140. The minimum Gasteiger partial charge on any atom is -0.478 e. The monoisotopic (exact) mass is 1940 g/mol. The number of amides is 9. The Balaban J connectivity index is 0.583. The van der Waals surface area contributed by atoms with Gasteiger partial charge in [0.25, 0.3) is 0 Å². The molecule has 4 aromatic rings. The number of piperidine rings is 1. The number of hydrogen-bond donors (Lipinski definition) is 10. The molecule has 38 nitrogen and oxygen atoms in total.